The SMILES string of the molecule is C=CC(=O)Nc1cc(N)c(OC)cc1N(C)CCN(C)C.C=CC(=O)Nc1cc(Nc2ncc(Cl)c(O[C@@H]3CCCN(S(C)(=O)=O)C3)n2)c(OC)cc1N(C)CCN(C)C.CS(=O)(=O)N1CCC[C@@H](Oc2nc(Cl)ncc2Cl)C1. The fraction of sp³-hybridized carbons (Fsp3) is 0.480. The van der Waals surface area contributed by atoms with E-state index >= 15 is 0 Å². The largest absolute Gasteiger partial charge is 0.495 e. The molecule has 4 heterocycles. The number of hydrogen-bond donors (Lipinski definition) is 4. The Bertz CT molecular complexity index is 2960. The van der Waals surface area contributed by atoms with Crippen molar-refractivity contribution in [2.24, 2.45) is 0 Å². The van der Waals surface area contributed by atoms with Crippen LogP contribution in [-0.4, -0.2) is 201 Å². The van der Waals surface area contributed by atoms with Crippen molar-refractivity contribution >= 4 is 107 Å². The highest BCUT2D eigenvalue weighted by Gasteiger charge is 2.30. The molecule has 2 fully saturated rings. The maximum atomic E-state index is 12.2. The predicted octanol–water partition coefficient (Wildman–Crippen LogP) is 5.79. The number of carbonyl (C=O) groups is 2. The minimum atomic E-state index is -3.33. The lowest BCUT2D eigenvalue weighted by Crippen LogP contribution is -2.43. The summed E-state index contributed by atoms with van der Waals surface area (Å²) in [6, 6.07) is 7.06. The third-order valence-electron chi connectivity index (χ3n) is 12.0. The number of methoxy groups -OCH3 is 2. The van der Waals surface area contributed by atoms with Crippen LogP contribution in [0.5, 0.6) is 23.3 Å². The van der Waals surface area contributed by atoms with Gasteiger partial charge in [0.25, 0.3) is 0 Å². The van der Waals surface area contributed by atoms with Gasteiger partial charge in [-0.1, -0.05) is 36.4 Å². The summed E-state index contributed by atoms with van der Waals surface area (Å²) in [5.41, 5.74) is 9.66. The van der Waals surface area contributed by atoms with Crippen molar-refractivity contribution in [2.75, 3.05) is 153 Å². The molecule has 0 radical (unpaired) electrons. The maximum absolute atomic E-state index is 12.2. The maximum Gasteiger partial charge on any atom is 0.247 e. The molecule has 2 amide bonds. The molecule has 2 aromatic carbocycles. The van der Waals surface area contributed by atoms with Crippen LogP contribution in [0.25, 0.3) is 0 Å². The van der Waals surface area contributed by atoms with E-state index < -0.39 is 26.2 Å². The van der Waals surface area contributed by atoms with Crippen LogP contribution in [0.4, 0.5) is 40.1 Å². The number of sulfonamides is 2. The van der Waals surface area contributed by atoms with E-state index in [2.05, 4.69) is 58.8 Å². The lowest BCUT2D eigenvalue weighted by molar-refractivity contribution is -0.112. The number of amides is 2. The van der Waals surface area contributed by atoms with E-state index in [0.29, 0.717) is 66.7 Å². The number of nitrogens with two attached hydrogens (primary N) is 1. The standard InChI is InChI=1S/C25H36ClN7O5S.C15H24N4O2.C10H13Cl2N3O3S/c1-7-23(34)28-19-13-20(22(37-5)14-21(19)32(4)12-11-31(2)3)29-25-27-15-18(26)24(30-25)38-17-9-8-10-33(16-17)39(6,35)36;1-6-15(20)17-12-9-11(16)14(21-5)10-13(12)19(4)8-7-18(2)3;1-19(16,17)15-4-2-3-7(6-15)18-9-8(11)5-13-10(12)14-9/h7,13-15,17H,1,8-12,16H2,2-6H3,(H,28,34)(H,27,29,30);6,9-10H,1,7-8,16H2,2-5H3,(H,17,20);5,7H,2-4,6H2,1H3/t17-;;7-/m1.1/s1. The van der Waals surface area contributed by atoms with Gasteiger partial charge in [0.1, 0.15) is 33.8 Å². The van der Waals surface area contributed by atoms with Crippen molar-refractivity contribution in [1.82, 2.24) is 38.3 Å². The number of nitrogens with zero attached hydrogens (tertiary/aromatic N) is 10. The summed E-state index contributed by atoms with van der Waals surface area (Å²) in [5, 5.41) is 9.22. The van der Waals surface area contributed by atoms with Gasteiger partial charge in [-0.25, -0.2) is 26.8 Å². The zero-order chi connectivity index (χ0) is 58.8. The van der Waals surface area contributed by atoms with E-state index in [1.54, 1.807) is 26.4 Å². The van der Waals surface area contributed by atoms with Crippen molar-refractivity contribution in [3.8, 4) is 23.3 Å². The average Bonchev–Trinajstić information content (AvgIpc) is 3.41. The topological polar surface area (TPSA) is 272 Å². The number of nitrogens with one attached hydrogen (secondary N) is 3. The number of ether oxygens (including phenoxy) is 4. The lowest BCUT2D eigenvalue weighted by atomic mass is 10.1. The fourth-order valence-electron chi connectivity index (χ4n) is 7.69. The van der Waals surface area contributed by atoms with E-state index in [0.717, 1.165) is 43.9 Å². The Morgan fingerprint density at radius 3 is 1.57 bits per heavy atom. The molecule has 0 spiro atoms. The molecule has 4 aromatic rings. The van der Waals surface area contributed by atoms with Gasteiger partial charge in [0, 0.05) is 65.5 Å². The van der Waals surface area contributed by atoms with Crippen LogP contribution in [0.3, 0.4) is 0 Å². The van der Waals surface area contributed by atoms with Crippen LogP contribution in [0, 0.1) is 0 Å². The number of hydrogen-bond acceptors (Lipinski definition) is 20. The van der Waals surface area contributed by atoms with Crippen molar-refractivity contribution in [3.63, 3.8) is 0 Å². The van der Waals surface area contributed by atoms with Gasteiger partial charge in [-0.05, 0) is 89.8 Å². The second kappa shape index (κ2) is 30.6. The number of benzene rings is 2. The van der Waals surface area contributed by atoms with Crippen molar-refractivity contribution in [3.05, 3.63) is 77.3 Å². The van der Waals surface area contributed by atoms with Crippen LogP contribution in [0.15, 0.2) is 62.0 Å². The van der Waals surface area contributed by atoms with Gasteiger partial charge >= 0.3 is 0 Å². The van der Waals surface area contributed by atoms with E-state index in [1.165, 1.54) is 45.7 Å². The van der Waals surface area contributed by atoms with Crippen LogP contribution >= 0.6 is 34.8 Å². The molecule has 5 N–H and O–H groups in total. The Hall–Kier alpha value is -5.97. The monoisotopic (exact) mass is 1200 g/mol. The summed E-state index contributed by atoms with van der Waals surface area (Å²) in [6.07, 6.45) is 9.65. The number of likely N-dealkylation sites (N-methyl/N-ethyl adjacent to an activating group) is 4. The van der Waals surface area contributed by atoms with E-state index in [1.807, 2.05) is 64.2 Å². The minimum Gasteiger partial charge on any atom is -0.495 e. The molecule has 0 aliphatic carbocycles. The van der Waals surface area contributed by atoms with Gasteiger partial charge in [-0.2, -0.15) is 18.6 Å². The van der Waals surface area contributed by atoms with Crippen molar-refractivity contribution < 1.29 is 45.4 Å². The normalized spacial score (nSPS) is 15.8. The molecule has 2 atom stereocenters. The third kappa shape index (κ3) is 20.9. The molecule has 2 aromatic heterocycles. The van der Waals surface area contributed by atoms with Crippen LogP contribution in [0.1, 0.15) is 25.7 Å². The second-order valence-corrected chi connectivity index (χ2v) is 23.9. The number of halogens is 3. The van der Waals surface area contributed by atoms with Crippen molar-refractivity contribution in [1.29, 1.82) is 0 Å². The smallest absolute Gasteiger partial charge is 0.247 e. The van der Waals surface area contributed by atoms with Crippen LogP contribution in [0.2, 0.25) is 15.3 Å². The molecule has 24 nitrogen and oxygen atoms in total. The van der Waals surface area contributed by atoms with Gasteiger partial charge in [-0.15, -0.1) is 0 Å². The Balaban J connectivity index is 0.000000282. The second-order valence-electron chi connectivity index (χ2n) is 18.8. The molecule has 0 bridgehead atoms. The van der Waals surface area contributed by atoms with E-state index in [-0.39, 0.29) is 64.0 Å². The lowest BCUT2D eigenvalue weighted by Gasteiger charge is -2.31. The Labute approximate surface area is 479 Å². The minimum absolute atomic E-state index is 0.0372. The van der Waals surface area contributed by atoms with Gasteiger partial charge in [0.2, 0.25) is 54.9 Å². The first-order chi connectivity index (χ1) is 37.1. The molecule has 79 heavy (non-hydrogen) atoms. The molecule has 436 valence electrons. The zero-order valence-corrected chi connectivity index (χ0v) is 50.2. The van der Waals surface area contributed by atoms with Gasteiger partial charge in [0.05, 0.1) is 86.3 Å². The summed E-state index contributed by atoms with van der Waals surface area (Å²) < 4.78 is 72.2. The molecule has 2 aliphatic rings. The molecule has 2 saturated heterocycles. The summed E-state index contributed by atoms with van der Waals surface area (Å²) in [7, 11) is 8.45. The number of anilines is 7. The van der Waals surface area contributed by atoms with E-state index in [4.69, 9.17) is 59.5 Å². The number of aromatic nitrogens is 4. The highest BCUT2D eigenvalue weighted by Crippen LogP contribution is 2.39. The Morgan fingerprint density at radius 1 is 0.684 bits per heavy atom. The molecule has 29 heteroatoms. The first-order valence-corrected chi connectivity index (χ1v) is 29.5. The predicted molar refractivity (Wildman–Crippen MR) is 314 cm³/mol. The summed E-state index contributed by atoms with van der Waals surface area (Å²) >= 11 is 17.9. The molecule has 0 unspecified atom stereocenters. The fourth-order valence-corrected chi connectivity index (χ4v) is 9.88. The molecule has 6 rings (SSSR count). The first kappa shape index (κ1) is 65.5. The summed E-state index contributed by atoms with van der Waals surface area (Å²) in [5.74, 6) is 0.937. The number of carbonyl (C=O) groups excluding carboxylic acids is 2. The Morgan fingerprint density at radius 2 is 1.13 bits per heavy atom. The molecule has 2 aliphatic heterocycles. The first-order valence-electron chi connectivity index (χ1n) is 24.6. The average molecular weight is 1200 g/mol. The van der Waals surface area contributed by atoms with Crippen molar-refractivity contribution in [2.45, 2.75) is 37.9 Å². The van der Waals surface area contributed by atoms with Crippen LogP contribution in [-0.2, 0) is 29.6 Å². The van der Waals surface area contributed by atoms with Crippen LogP contribution < -0.4 is 50.4 Å². The highest BCUT2D eigenvalue weighted by atomic mass is 35.5. The zero-order valence-electron chi connectivity index (χ0n) is 46.3. The number of piperidine rings is 2. The van der Waals surface area contributed by atoms with Gasteiger partial charge < -0.3 is 60.2 Å². The Kier molecular flexibility index (Phi) is 25.4. The number of rotatable bonds is 22. The summed E-state index contributed by atoms with van der Waals surface area (Å²) in [6.45, 7) is 11.7. The molecule has 0 saturated carbocycles. The molecular formula is C50H73Cl3N14O10S2. The highest BCUT2D eigenvalue weighted by molar-refractivity contribution is 7.88. The summed E-state index contributed by atoms with van der Waals surface area (Å²) in [4.78, 5) is 48.3. The van der Waals surface area contributed by atoms with E-state index in [9.17, 15) is 26.4 Å². The molecular weight excluding hydrogens is 1130 g/mol. The van der Waals surface area contributed by atoms with Gasteiger partial charge in [0.15, 0.2) is 0 Å². The quantitative estimate of drug-likeness (QED) is 0.0412. The van der Waals surface area contributed by atoms with Gasteiger partial charge in [-0.3, -0.25) is 9.59 Å². The number of nitrogen functional groups attached to an aromatic ring is 1. The third-order valence-corrected chi connectivity index (χ3v) is 15.2.